The standard InChI is InChI=1S/C16H26N2O/c1-14-5-3-7-16(11-14)17-8-9-18(2)12-15-6-4-10-19-13-15/h3,5,7,11,15,17H,4,6,8-10,12-13H2,1-2H3. The van der Waals surface area contributed by atoms with Gasteiger partial charge in [-0.25, -0.2) is 0 Å². The fourth-order valence-electron chi connectivity index (χ4n) is 2.63. The van der Waals surface area contributed by atoms with Crippen LogP contribution in [0.15, 0.2) is 24.3 Å². The van der Waals surface area contributed by atoms with Gasteiger partial charge >= 0.3 is 0 Å². The number of ether oxygens (including phenoxy) is 1. The van der Waals surface area contributed by atoms with Crippen LogP contribution in [-0.4, -0.2) is 44.8 Å². The van der Waals surface area contributed by atoms with Gasteiger partial charge in [-0.15, -0.1) is 0 Å². The summed E-state index contributed by atoms with van der Waals surface area (Å²) in [6.07, 6.45) is 2.54. The molecule has 0 bridgehead atoms. The summed E-state index contributed by atoms with van der Waals surface area (Å²) < 4.78 is 5.53. The Morgan fingerprint density at radius 1 is 1.42 bits per heavy atom. The molecule has 1 aliphatic heterocycles. The van der Waals surface area contributed by atoms with E-state index in [0.717, 1.165) is 38.8 Å². The van der Waals surface area contributed by atoms with Gasteiger partial charge in [0.15, 0.2) is 0 Å². The van der Waals surface area contributed by atoms with Crippen molar-refractivity contribution < 1.29 is 4.74 Å². The highest BCUT2D eigenvalue weighted by molar-refractivity contribution is 5.45. The average molecular weight is 262 g/mol. The Bertz CT molecular complexity index is 375. The van der Waals surface area contributed by atoms with Gasteiger partial charge in [0.25, 0.3) is 0 Å². The minimum absolute atomic E-state index is 0.720. The Morgan fingerprint density at radius 3 is 3.05 bits per heavy atom. The SMILES string of the molecule is Cc1cccc(NCCN(C)CC2CCCOC2)c1. The van der Waals surface area contributed by atoms with Crippen LogP contribution in [-0.2, 0) is 4.74 Å². The van der Waals surface area contributed by atoms with Gasteiger partial charge in [-0.05, 0) is 50.4 Å². The Morgan fingerprint density at radius 2 is 2.32 bits per heavy atom. The molecule has 1 N–H and O–H groups in total. The molecule has 1 fully saturated rings. The molecule has 0 radical (unpaired) electrons. The minimum Gasteiger partial charge on any atom is -0.384 e. The third-order valence-electron chi connectivity index (χ3n) is 3.67. The summed E-state index contributed by atoms with van der Waals surface area (Å²) in [5.41, 5.74) is 2.52. The minimum atomic E-state index is 0.720. The molecule has 1 aromatic rings. The molecule has 3 heteroatoms. The monoisotopic (exact) mass is 262 g/mol. The van der Waals surface area contributed by atoms with Crippen molar-refractivity contribution >= 4 is 5.69 Å². The van der Waals surface area contributed by atoms with Crippen LogP contribution in [0.5, 0.6) is 0 Å². The van der Waals surface area contributed by atoms with Gasteiger partial charge in [-0.1, -0.05) is 12.1 Å². The fourth-order valence-corrected chi connectivity index (χ4v) is 2.63. The zero-order valence-corrected chi connectivity index (χ0v) is 12.2. The van der Waals surface area contributed by atoms with E-state index in [2.05, 4.69) is 48.5 Å². The molecule has 1 aromatic carbocycles. The van der Waals surface area contributed by atoms with Gasteiger partial charge in [0.1, 0.15) is 0 Å². The zero-order valence-electron chi connectivity index (χ0n) is 12.2. The fraction of sp³-hybridized carbons (Fsp3) is 0.625. The lowest BCUT2D eigenvalue weighted by atomic mass is 10.0. The number of hydrogen-bond donors (Lipinski definition) is 1. The maximum atomic E-state index is 5.53. The molecule has 0 saturated carbocycles. The predicted molar refractivity (Wildman–Crippen MR) is 80.7 cm³/mol. The number of hydrogen-bond acceptors (Lipinski definition) is 3. The topological polar surface area (TPSA) is 24.5 Å². The van der Waals surface area contributed by atoms with E-state index >= 15 is 0 Å². The van der Waals surface area contributed by atoms with Gasteiger partial charge < -0.3 is 15.0 Å². The summed E-state index contributed by atoms with van der Waals surface area (Å²) in [7, 11) is 2.20. The van der Waals surface area contributed by atoms with Crippen LogP contribution in [0.25, 0.3) is 0 Å². The molecule has 1 heterocycles. The van der Waals surface area contributed by atoms with E-state index in [1.165, 1.54) is 24.1 Å². The highest BCUT2D eigenvalue weighted by Crippen LogP contribution is 2.14. The smallest absolute Gasteiger partial charge is 0.0506 e. The van der Waals surface area contributed by atoms with Crippen molar-refractivity contribution in [2.24, 2.45) is 5.92 Å². The summed E-state index contributed by atoms with van der Waals surface area (Å²) in [4.78, 5) is 2.40. The van der Waals surface area contributed by atoms with Crippen LogP contribution in [0.2, 0.25) is 0 Å². The van der Waals surface area contributed by atoms with Crippen molar-refractivity contribution in [1.29, 1.82) is 0 Å². The maximum absolute atomic E-state index is 5.53. The van der Waals surface area contributed by atoms with E-state index in [9.17, 15) is 0 Å². The normalized spacial score (nSPS) is 19.6. The average Bonchev–Trinajstić information content (AvgIpc) is 2.40. The second-order valence-electron chi connectivity index (χ2n) is 5.64. The highest BCUT2D eigenvalue weighted by Gasteiger charge is 2.15. The molecule has 3 nitrogen and oxygen atoms in total. The second-order valence-corrected chi connectivity index (χ2v) is 5.64. The molecule has 0 aliphatic carbocycles. The van der Waals surface area contributed by atoms with Crippen LogP contribution >= 0.6 is 0 Å². The van der Waals surface area contributed by atoms with Crippen LogP contribution in [0.4, 0.5) is 5.69 Å². The molecular formula is C16H26N2O. The van der Waals surface area contributed by atoms with E-state index in [1.807, 2.05) is 0 Å². The van der Waals surface area contributed by atoms with Gasteiger partial charge in [0.05, 0.1) is 6.61 Å². The lowest BCUT2D eigenvalue weighted by Crippen LogP contribution is -2.33. The zero-order chi connectivity index (χ0) is 13.5. The summed E-state index contributed by atoms with van der Waals surface area (Å²) >= 11 is 0. The largest absolute Gasteiger partial charge is 0.384 e. The molecule has 1 saturated heterocycles. The molecule has 0 amide bonds. The first kappa shape index (κ1) is 14.4. The van der Waals surface area contributed by atoms with Crippen LogP contribution in [0.3, 0.4) is 0 Å². The van der Waals surface area contributed by atoms with Crippen LogP contribution in [0, 0.1) is 12.8 Å². The Labute approximate surface area is 116 Å². The summed E-state index contributed by atoms with van der Waals surface area (Å²) in [5, 5.41) is 3.48. The number of benzene rings is 1. The van der Waals surface area contributed by atoms with Crippen molar-refractivity contribution in [3.8, 4) is 0 Å². The Balaban J connectivity index is 1.64. The van der Waals surface area contributed by atoms with E-state index < -0.39 is 0 Å². The molecule has 1 aliphatic rings. The number of nitrogens with zero attached hydrogens (tertiary/aromatic N) is 1. The second kappa shape index (κ2) is 7.51. The van der Waals surface area contributed by atoms with E-state index in [-0.39, 0.29) is 0 Å². The molecule has 106 valence electrons. The molecule has 2 rings (SSSR count). The molecular weight excluding hydrogens is 236 g/mol. The first-order valence-electron chi connectivity index (χ1n) is 7.31. The molecule has 19 heavy (non-hydrogen) atoms. The molecule has 0 aromatic heterocycles. The van der Waals surface area contributed by atoms with E-state index in [0.29, 0.717) is 0 Å². The third-order valence-corrected chi connectivity index (χ3v) is 3.67. The van der Waals surface area contributed by atoms with Crippen molar-refractivity contribution in [2.75, 3.05) is 45.2 Å². The number of rotatable bonds is 6. The van der Waals surface area contributed by atoms with Crippen molar-refractivity contribution in [2.45, 2.75) is 19.8 Å². The lowest BCUT2D eigenvalue weighted by Gasteiger charge is -2.27. The highest BCUT2D eigenvalue weighted by atomic mass is 16.5. The summed E-state index contributed by atoms with van der Waals surface area (Å²) in [6.45, 7) is 7.23. The Hall–Kier alpha value is -1.06. The van der Waals surface area contributed by atoms with Crippen molar-refractivity contribution in [1.82, 2.24) is 4.90 Å². The van der Waals surface area contributed by atoms with Gasteiger partial charge in [0.2, 0.25) is 0 Å². The summed E-state index contributed by atoms with van der Waals surface area (Å²) in [5.74, 6) is 0.720. The van der Waals surface area contributed by atoms with Gasteiger partial charge in [-0.3, -0.25) is 0 Å². The molecule has 1 atom stereocenters. The van der Waals surface area contributed by atoms with Crippen molar-refractivity contribution in [3.05, 3.63) is 29.8 Å². The first-order valence-corrected chi connectivity index (χ1v) is 7.31. The van der Waals surface area contributed by atoms with E-state index in [1.54, 1.807) is 0 Å². The van der Waals surface area contributed by atoms with Crippen LogP contribution in [0.1, 0.15) is 18.4 Å². The van der Waals surface area contributed by atoms with E-state index in [4.69, 9.17) is 4.74 Å². The molecule has 0 spiro atoms. The first-order chi connectivity index (χ1) is 9.24. The maximum Gasteiger partial charge on any atom is 0.0506 e. The third kappa shape index (κ3) is 5.21. The number of nitrogens with one attached hydrogen (secondary N) is 1. The predicted octanol–water partition coefficient (Wildman–Crippen LogP) is 2.77. The number of likely N-dealkylation sites (N-methyl/N-ethyl adjacent to an activating group) is 1. The van der Waals surface area contributed by atoms with Crippen molar-refractivity contribution in [3.63, 3.8) is 0 Å². The van der Waals surface area contributed by atoms with Gasteiger partial charge in [0, 0.05) is 31.9 Å². The Kier molecular flexibility index (Phi) is 5.67. The summed E-state index contributed by atoms with van der Waals surface area (Å²) in [6, 6.07) is 8.54. The number of aryl methyl sites for hydroxylation is 1. The number of anilines is 1. The van der Waals surface area contributed by atoms with Gasteiger partial charge in [-0.2, -0.15) is 0 Å². The molecule has 1 unspecified atom stereocenters. The van der Waals surface area contributed by atoms with Crippen LogP contribution < -0.4 is 5.32 Å². The lowest BCUT2D eigenvalue weighted by molar-refractivity contribution is 0.0425. The quantitative estimate of drug-likeness (QED) is 0.853.